The van der Waals surface area contributed by atoms with Gasteiger partial charge in [-0.3, -0.25) is 4.79 Å². The van der Waals surface area contributed by atoms with Gasteiger partial charge in [0.25, 0.3) is 5.91 Å². The third-order valence-corrected chi connectivity index (χ3v) is 9.02. The zero-order valence-electron chi connectivity index (χ0n) is 21.1. The summed E-state index contributed by atoms with van der Waals surface area (Å²) in [6.45, 7) is 2.36. The van der Waals surface area contributed by atoms with Crippen LogP contribution < -0.4 is 4.74 Å². The van der Waals surface area contributed by atoms with Gasteiger partial charge in [0.2, 0.25) is 0 Å². The Bertz CT molecular complexity index is 1630. The molecule has 8 rings (SSSR count). The van der Waals surface area contributed by atoms with Crippen LogP contribution in [0.1, 0.15) is 83.5 Å². The largest absolute Gasteiger partial charge is 0.493 e. The number of benzene rings is 3. The number of carbonyl (C=O) groups excluding carboxylic acids is 1. The Morgan fingerprint density at radius 3 is 2.70 bits per heavy atom. The normalized spacial score (nSPS) is 25.9. The maximum Gasteiger partial charge on any atom is 0.254 e. The molecule has 1 unspecified atom stereocenters. The summed E-state index contributed by atoms with van der Waals surface area (Å²) in [5.41, 5.74) is 7.58. The highest BCUT2D eigenvalue weighted by Crippen LogP contribution is 2.52. The molecule has 1 aliphatic carbocycles. The van der Waals surface area contributed by atoms with Crippen molar-refractivity contribution in [2.45, 2.75) is 56.2 Å². The second-order valence-electron chi connectivity index (χ2n) is 11.4. The van der Waals surface area contributed by atoms with Crippen molar-refractivity contribution in [1.82, 2.24) is 14.5 Å². The number of nitrogens with zero attached hydrogens (tertiary/aromatic N) is 3. The fourth-order valence-corrected chi connectivity index (χ4v) is 6.84. The fraction of sp³-hybridized carbons (Fsp3) is 0.355. The second-order valence-corrected chi connectivity index (χ2v) is 11.4. The number of carbonyl (C=O) groups is 1. The number of rotatable bonds is 2. The van der Waals surface area contributed by atoms with Crippen LogP contribution in [-0.4, -0.2) is 39.1 Å². The molecule has 3 atom stereocenters. The topological polar surface area (TPSA) is 67.6 Å². The van der Waals surface area contributed by atoms with E-state index < -0.39 is 5.60 Å². The van der Waals surface area contributed by atoms with Gasteiger partial charge in [0, 0.05) is 31.0 Å². The Labute approximate surface area is 215 Å². The third-order valence-electron chi connectivity index (χ3n) is 9.02. The van der Waals surface area contributed by atoms with Gasteiger partial charge in [-0.25, -0.2) is 4.98 Å². The maximum atomic E-state index is 13.5. The van der Waals surface area contributed by atoms with Crippen molar-refractivity contribution in [3.63, 3.8) is 0 Å². The molecule has 186 valence electrons. The van der Waals surface area contributed by atoms with Crippen LogP contribution in [0, 0.1) is 0 Å². The molecule has 2 bridgehead atoms. The van der Waals surface area contributed by atoms with Crippen LogP contribution in [0.15, 0.2) is 54.6 Å². The molecule has 0 spiro atoms. The lowest BCUT2D eigenvalue weighted by Crippen LogP contribution is -2.30. The molecule has 37 heavy (non-hydrogen) atoms. The van der Waals surface area contributed by atoms with E-state index in [1.165, 1.54) is 24.0 Å². The zero-order chi connectivity index (χ0) is 25.1. The fourth-order valence-electron chi connectivity index (χ4n) is 6.84. The molecule has 4 aliphatic rings. The molecule has 4 heterocycles. The lowest BCUT2D eigenvalue weighted by Gasteiger charge is -2.31. The van der Waals surface area contributed by atoms with Crippen molar-refractivity contribution in [3.8, 4) is 16.9 Å². The summed E-state index contributed by atoms with van der Waals surface area (Å²) in [7, 11) is 1.92. The smallest absolute Gasteiger partial charge is 0.254 e. The summed E-state index contributed by atoms with van der Waals surface area (Å²) in [6, 6.07) is 18.9. The minimum atomic E-state index is -0.867. The monoisotopic (exact) mass is 491 g/mol. The molecule has 6 nitrogen and oxygen atoms in total. The Hall–Kier alpha value is -3.64. The van der Waals surface area contributed by atoms with Crippen LogP contribution in [0.2, 0.25) is 0 Å². The first-order valence-electron chi connectivity index (χ1n) is 13.3. The molecule has 4 aromatic rings. The SMILES string of the molecule is CN1C(=O)c2cccc(C3CC3)c2[C@H]2C[C@@H]1c1nc3ccc(-c4ccc5c(c4)OCCC5(C)O)cc3n12. The van der Waals surface area contributed by atoms with Crippen LogP contribution >= 0.6 is 0 Å². The summed E-state index contributed by atoms with van der Waals surface area (Å²) >= 11 is 0. The Kier molecular flexibility index (Phi) is 4.19. The summed E-state index contributed by atoms with van der Waals surface area (Å²) in [6.07, 6.45) is 3.86. The van der Waals surface area contributed by atoms with Gasteiger partial charge in [-0.15, -0.1) is 0 Å². The van der Waals surface area contributed by atoms with Gasteiger partial charge in [-0.2, -0.15) is 0 Å². The van der Waals surface area contributed by atoms with Crippen LogP contribution in [0.25, 0.3) is 22.2 Å². The van der Waals surface area contributed by atoms with E-state index in [0.29, 0.717) is 18.9 Å². The molecule has 1 fully saturated rings. The molecular weight excluding hydrogens is 462 g/mol. The van der Waals surface area contributed by atoms with Crippen LogP contribution in [0.4, 0.5) is 0 Å². The molecule has 3 aromatic carbocycles. The van der Waals surface area contributed by atoms with E-state index >= 15 is 0 Å². The van der Waals surface area contributed by atoms with Crippen LogP contribution in [0.5, 0.6) is 5.75 Å². The van der Waals surface area contributed by atoms with Gasteiger partial charge in [0.15, 0.2) is 0 Å². The van der Waals surface area contributed by atoms with E-state index in [1.54, 1.807) is 0 Å². The molecule has 1 saturated carbocycles. The number of fused-ring (bicyclic) bond motifs is 10. The number of hydrogen-bond acceptors (Lipinski definition) is 4. The minimum absolute atomic E-state index is 0.0350. The van der Waals surface area contributed by atoms with Gasteiger partial charge >= 0.3 is 0 Å². The first-order valence-corrected chi connectivity index (χ1v) is 13.3. The number of hydrogen-bond donors (Lipinski definition) is 1. The summed E-state index contributed by atoms with van der Waals surface area (Å²) in [4.78, 5) is 20.5. The average molecular weight is 492 g/mol. The van der Waals surface area contributed by atoms with Crippen molar-refractivity contribution in [2.24, 2.45) is 0 Å². The number of aromatic nitrogens is 2. The van der Waals surface area contributed by atoms with E-state index in [4.69, 9.17) is 9.72 Å². The number of ether oxygens (including phenoxy) is 1. The molecular formula is C31H29N3O3. The first-order chi connectivity index (χ1) is 17.9. The highest BCUT2D eigenvalue weighted by Gasteiger charge is 2.45. The predicted octanol–water partition coefficient (Wildman–Crippen LogP) is 5.69. The number of imidazole rings is 1. The quantitative estimate of drug-likeness (QED) is 0.391. The van der Waals surface area contributed by atoms with Crippen molar-refractivity contribution in [3.05, 3.63) is 82.7 Å². The van der Waals surface area contributed by atoms with Crippen LogP contribution in [0.3, 0.4) is 0 Å². The third kappa shape index (κ3) is 2.96. The van der Waals surface area contributed by atoms with Gasteiger partial charge in [0.05, 0.1) is 35.3 Å². The average Bonchev–Trinajstić information content (AvgIpc) is 3.60. The van der Waals surface area contributed by atoms with E-state index in [9.17, 15) is 9.90 Å². The van der Waals surface area contributed by atoms with E-state index in [0.717, 1.165) is 51.3 Å². The van der Waals surface area contributed by atoms with Crippen molar-refractivity contribution in [1.29, 1.82) is 0 Å². The van der Waals surface area contributed by atoms with Gasteiger partial charge < -0.3 is 19.3 Å². The maximum absolute atomic E-state index is 13.5. The summed E-state index contributed by atoms with van der Waals surface area (Å²) in [5.74, 6) is 2.40. The molecule has 0 radical (unpaired) electrons. The second kappa shape index (κ2) is 7.23. The standard InChI is InChI=1S/C31H29N3O3/c1-31(36)12-13-37-27-15-19(8-10-22(27)31)18-9-11-23-24(14-18)34-25-16-26(29(34)32-23)33(2)30(35)21-5-3-4-20(28(21)25)17-6-7-17/h3-5,8-11,14-15,17,25-26,36H,6-7,12-13,16H2,1-2H3/t25-,26-,31?/m1/s1. The lowest BCUT2D eigenvalue weighted by molar-refractivity contribution is 0.0147. The summed E-state index contributed by atoms with van der Waals surface area (Å²) < 4.78 is 8.33. The van der Waals surface area contributed by atoms with Crippen molar-refractivity contribution in [2.75, 3.05) is 13.7 Å². The zero-order valence-corrected chi connectivity index (χ0v) is 21.1. The van der Waals surface area contributed by atoms with E-state index in [-0.39, 0.29) is 18.0 Å². The first kappa shape index (κ1) is 21.4. The van der Waals surface area contributed by atoms with Gasteiger partial charge in [-0.1, -0.05) is 30.3 Å². The molecule has 3 aliphatic heterocycles. The molecule has 1 amide bonds. The molecule has 0 saturated heterocycles. The van der Waals surface area contributed by atoms with Crippen molar-refractivity contribution < 1.29 is 14.6 Å². The van der Waals surface area contributed by atoms with Crippen molar-refractivity contribution >= 4 is 16.9 Å². The Balaban J connectivity index is 1.31. The van der Waals surface area contributed by atoms with E-state index in [1.807, 2.05) is 37.1 Å². The number of aliphatic hydroxyl groups is 1. The Morgan fingerprint density at radius 2 is 1.86 bits per heavy atom. The molecule has 1 N–H and O–H groups in total. The predicted molar refractivity (Wildman–Crippen MR) is 141 cm³/mol. The molecule has 1 aromatic heterocycles. The number of amides is 1. The molecule has 6 heteroatoms. The van der Waals surface area contributed by atoms with Gasteiger partial charge in [0.1, 0.15) is 11.6 Å². The van der Waals surface area contributed by atoms with Crippen LogP contribution in [-0.2, 0) is 5.60 Å². The minimum Gasteiger partial charge on any atom is -0.493 e. The van der Waals surface area contributed by atoms with Gasteiger partial charge in [-0.05, 0) is 72.2 Å². The summed E-state index contributed by atoms with van der Waals surface area (Å²) in [5, 5.41) is 10.8. The Morgan fingerprint density at radius 1 is 1.05 bits per heavy atom. The highest BCUT2D eigenvalue weighted by atomic mass is 16.5. The highest BCUT2D eigenvalue weighted by molar-refractivity contribution is 5.97. The van der Waals surface area contributed by atoms with E-state index in [2.05, 4.69) is 41.0 Å². The lowest BCUT2D eigenvalue weighted by atomic mass is 9.88.